The number of carbonyl (C=O) groups is 2. The first-order valence-electron chi connectivity index (χ1n) is 25.4. The van der Waals surface area contributed by atoms with Gasteiger partial charge in [0, 0.05) is 19.4 Å². The summed E-state index contributed by atoms with van der Waals surface area (Å²) in [5.74, 6) is -0.531. The molecule has 0 amide bonds. The van der Waals surface area contributed by atoms with E-state index in [-0.39, 0.29) is 25.2 Å². The summed E-state index contributed by atoms with van der Waals surface area (Å²) in [6.07, 6.45) is 71.1. The smallest absolute Gasteiger partial charge is 0.306 e. The molecule has 0 aromatic rings. The van der Waals surface area contributed by atoms with Crippen LogP contribution in [0.5, 0.6) is 0 Å². The normalized spacial score (nSPS) is 13.1. The first-order valence-corrected chi connectivity index (χ1v) is 25.4. The van der Waals surface area contributed by atoms with E-state index in [1.807, 2.05) is 6.08 Å². The number of hydrogen-bond acceptors (Lipinski definition) is 5. The Labute approximate surface area is 383 Å². The van der Waals surface area contributed by atoms with Gasteiger partial charge in [0.05, 0.1) is 6.61 Å². The average Bonchev–Trinajstić information content (AvgIpc) is 3.27. The molecule has 352 valence electrons. The highest BCUT2D eigenvalue weighted by Gasteiger charge is 2.17. The third-order valence-corrected chi connectivity index (χ3v) is 10.3. The highest BCUT2D eigenvalue weighted by Crippen LogP contribution is 2.14. The van der Waals surface area contributed by atoms with Crippen molar-refractivity contribution in [1.82, 2.24) is 0 Å². The van der Waals surface area contributed by atoms with Crippen molar-refractivity contribution >= 4 is 11.9 Å². The summed E-state index contributed by atoms with van der Waals surface area (Å²) < 4.78 is 17.3. The maximum atomic E-state index is 12.8. The zero-order valence-corrected chi connectivity index (χ0v) is 40.3. The highest BCUT2D eigenvalue weighted by molar-refractivity contribution is 5.70. The van der Waals surface area contributed by atoms with Crippen molar-refractivity contribution in [2.24, 2.45) is 0 Å². The van der Waals surface area contributed by atoms with Crippen molar-refractivity contribution < 1.29 is 23.8 Å². The van der Waals surface area contributed by atoms with E-state index in [1.54, 1.807) is 0 Å². The van der Waals surface area contributed by atoms with Crippen molar-refractivity contribution in [3.05, 3.63) is 109 Å². The van der Waals surface area contributed by atoms with Crippen LogP contribution >= 0.6 is 0 Å². The Hall–Kier alpha value is -3.44. The van der Waals surface area contributed by atoms with Crippen molar-refractivity contribution in [3.8, 4) is 0 Å². The number of rotatable bonds is 45. The molecule has 0 spiro atoms. The van der Waals surface area contributed by atoms with Gasteiger partial charge < -0.3 is 14.2 Å². The number of hydrogen-bond donors (Lipinski definition) is 0. The molecular formula is C57H94O5. The Morgan fingerprint density at radius 1 is 0.371 bits per heavy atom. The summed E-state index contributed by atoms with van der Waals surface area (Å²) in [4.78, 5) is 25.3. The van der Waals surface area contributed by atoms with Gasteiger partial charge in [0.1, 0.15) is 6.61 Å². The molecule has 0 saturated heterocycles. The maximum Gasteiger partial charge on any atom is 0.306 e. The zero-order chi connectivity index (χ0) is 44.9. The summed E-state index contributed by atoms with van der Waals surface area (Å²) in [5, 5.41) is 0. The Kier molecular flexibility index (Phi) is 49.0. The predicted molar refractivity (Wildman–Crippen MR) is 269 cm³/mol. The molecule has 0 saturated carbocycles. The van der Waals surface area contributed by atoms with E-state index in [2.05, 4.69) is 124 Å². The van der Waals surface area contributed by atoms with E-state index >= 15 is 0 Å². The second-order valence-corrected chi connectivity index (χ2v) is 16.3. The van der Waals surface area contributed by atoms with Crippen molar-refractivity contribution in [2.75, 3.05) is 19.8 Å². The number of allylic oxidation sites excluding steroid dienone is 18. The Morgan fingerprint density at radius 2 is 0.758 bits per heavy atom. The van der Waals surface area contributed by atoms with Crippen molar-refractivity contribution in [1.29, 1.82) is 0 Å². The lowest BCUT2D eigenvalue weighted by molar-refractivity contribution is -0.162. The van der Waals surface area contributed by atoms with Gasteiger partial charge in [-0.1, -0.05) is 220 Å². The SMILES string of the molecule is CC/C=C\C/C=C\C/C=C\C/C=C\C/C=C\C/C=C\CCC(=O)OCC(COCCCCCCCCCCCCCCCC)OC(=O)CCCCC/C=C\C/C=C\C/C=C\CC. The van der Waals surface area contributed by atoms with Gasteiger partial charge in [0.25, 0.3) is 0 Å². The molecule has 5 nitrogen and oxygen atoms in total. The molecule has 0 heterocycles. The first kappa shape index (κ1) is 58.6. The predicted octanol–water partition coefficient (Wildman–Crippen LogP) is 17.2. The molecule has 0 aliphatic rings. The standard InChI is InChI=1S/C57H94O5/c1-4-7-10-13-16-19-22-25-27-28-29-30-31-33-35-38-41-44-47-50-56(58)61-54-55(53-60-52-49-46-43-40-37-34-26-23-20-17-14-11-8-5-2)62-57(59)51-48-45-42-39-36-32-24-21-18-15-12-9-6-3/h7,9-10,12,16,18-19,21,25,27,29-30,32-33,35-36,41,44,55H,4-6,8,11,13-15,17,20,22-24,26,28,31,34,37-40,42-43,45-54H2,1-3H3/b10-7-,12-9-,19-16-,21-18-,27-25-,30-29-,35-33-,36-32-,44-41-. The summed E-state index contributed by atoms with van der Waals surface area (Å²) in [5.41, 5.74) is 0. The molecule has 0 rings (SSSR count). The van der Waals surface area contributed by atoms with Crippen LogP contribution in [0.4, 0.5) is 0 Å². The molecule has 0 bridgehead atoms. The average molecular weight is 859 g/mol. The lowest BCUT2D eigenvalue weighted by Gasteiger charge is -2.18. The highest BCUT2D eigenvalue weighted by atomic mass is 16.6. The first-order chi connectivity index (χ1) is 30.6. The Bertz CT molecular complexity index is 1250. The molecule has 0 aromatic heterocycles. The fourth-order valence-electron chi connectivity index (χ4n) is 6.61. The Balaban J connectivity index is 4.42. The maximum absolute atomic E-state index is 12.8. The van der Waals surface area contributed by atoms with Gasteiger partial charge in [-0.2, -0.15) is 0 Å². The topological polar surface area (TPSA) is 61.8 Å². The lowest BCUT2D eigenvalue weighted by atomic mass is 10.0. The van der Waals surface area contributed by atoms with Crippen LogP contribution in [-0.4, -0.2) is 37.9 Å². The summed E-state index contributed by atoms with van der Waals surface area (Å²) in [6, 6.07) is 0. The quantitative estimate of drug-likeness (QED) is 0.0347. The van der Waals surface area contributed by atoms with Crippen LogP contribution in [0.15, 0.2) is 109 Å². The molecule has 62 heavy (non-hydrogen) atoms. The second-order valence-electron chi connectivity index (χ2n) is 16.3. The second kappa shape index (κ2) is 51.9. The van der Waals surface area contributed by atoms with E-state index in [9.17, 15) is 9.59 Å². The van der Waals surface area contributed by atoms with Gasteiger partial charge in [0.2, 0.25) is 0 Å². The van der Waals surface area contributed by atoms with E-state index in [4.69, 9.17) is 14.2 Å². The summed E-state index contributed by atoms with van der Waals surface area (Å²) in [7, 11) is 0. The van der Waals surface area contributed by atoms with E-state index < -0.39 is 6.10 Å². The minimum Gasteiger partial charge on any atom is -0.462 e. The zero-order valence-electron chi connectivity index (χ0n) is 40.3. The van der Waals surface area contributed by atoms with Gasteiger partial charge in [0.15, 0.2) is 6.10 Å². The van der Waals surface area contributed by atoms with Crippen LogP contribution < -0.4 is 0 Å². The molecule has 0 aliphatic heterocycles. The number of esters is 2. The lowest BCUT2D eigenvalue weighted by Crippen LogP contribution is -2.30. The molecular weight excluding hydrogens is 765 g/mol. The number of carbonyl (C=O) groups excluding carboxylic acids is 2. The van der Waals surface area contributed by atoms with E-state index in [0.29, 0.717) is 25.9 Å². The van der Waals surface area contributed by atoms with Crippen LogP contribution in [0.1, 0.15) is 213 Å². The summed E-state index contributed by atoms with van der Waals surface area (Å²) in [6.45, 7) is 7.49. The molecule has 0 aliphatic carbocycles. The molecule has 0 aromatic carbocycles. The number of unbranched alkanes of at least 4 members (excludes halogenated alkanes) is 16. The van der Waals surface area contributed by atoms with Gasteiger partial charge in [-0.3, -0.25) is 9.59 Å². The molecule has 5 heteroatoms. The largest absolute Gasteiger partial charge is 0.462 e. The monoisotopic (exact) mass is 859 g/mol. The fourth-order valence-corrected chi connectivity index (χ4v) is 6.61. The van der Waals surface area contributed by atoms with Gasteiger partial charge in [-0.15, -0.1) is 0 Å². The minimum atomic E-state index is -0.586. The molecule has 0 fully saturated rings. The van der Waals surface area contributed by atoms with E-state index in [1.165, 1.54) is 77.0 Å². The molecule has 0 radical (unpaired) electrons. The van der Waals surface area contributed by atoms with Crippen LogP contribution in [0.25, 0.3) is 0 Å². The summed E-state index contributed by atoms with van der Waals surface area (Å²) >= 11 is 0. The molecule has 0 N–H and O–H groups in total. The third-order valence-electron chi connectivity index (χ3n) is 10.3. The number of ether oxygens (including phenoxy) is 3. The van der Waals surface area contributed by atoms with Crippen LogP contribution in [0, 0.1) is 0 Å². The van der Waals surface area contributed by atoms with Gasteiger partial charge in [-0.25, -0.2) is 0 Å². The third kappa shape index (κ3) is 49.2. The minimum absolute atomic E-state index is 0.0290. The van der Waals surface area contributed by atoms with Gasteiger partial charge in [-0.05, 0) is 89.9 Å². The van der Waals surface area contributed by atoms with Gasteiger partial charge >= 0.3 is 11.9 Å². The molecule has 1 atom stereocenters. The van der Waals surface area contributed by atoms with Crippen LogP contribution in [0.3, 0.4) is 0 Å². The van der Waals surface area contributed by atoms with Crippen LogP contribution in [0.2, 0.25) is 0 Å². The Morgan fingerprint density at radius 3 is 1.21 bits per heavy atom. The molecule has 1 unspecified atom stereocenters. The van der Waals surface area contributed by atoms with Crippen molar-refractivity contribution in [2.45, 2.75) is 219 Å². The van der Waals surface area contributed by atoms with Crippen molar-refractivity contribution in [3.63, 3.8) is 0 Å². The fraction of sp³-hybridized carbons (Fsp3) is 0.649. The van der Waals surface area contributed by atoms with E-state index in [0.717, 1.165) is 96.3 Å². The van der Waals surface area contributed by atoms with Crippen LogP contribution in [-0.2, 0) is 23.8 Å².